The van der Waals surface area contributed by atoms with Crippen molar-refractivity contribution in [2.45, 2.75) is 264 Å². The van der Waals surface area contributed by atoms with E-state index >= 15 is 0 Å². The Kier molecular flexibility index (Phi) is 60.4. The van der Waals surface area contributed by atoms with Crippen LogP contribution in [0.5, 0.6) is 0 Å². The van der Waals surface area contributed by atoms with E-state index in [4.69, 9.17) is 0 Å². The predicted octanol–water partition coefficient (Wildman–Crippen LogP) is 21.1. The van der Waals surface area contributed by atoms with Crippen LogP contribution in [0.4, 0.5) is 0 Å². The summed E-state index contributed by atoms with van der Waals surface area (Å²) < 4.78 is 0. The Bertz CT molecular complexity index is 1640. The minimum absolute atomic E-state index is 0.104. The molecule has 0 saturated heterocycles. The predicted molar refractivity (Wildman–Crippen MR) is 335 cm³/mol. The van der Waals surface area contributed by atoms with Gasteiger partial charge in [-0.2, -0.15) is 0 Å². The molecule has 4 heteroatoms. The van der Waals surface area contributed by atoms with Gasteiger partial charge in [-0.15, -0.1) is 0 Å². The van der Waals surface area contributed by atoms with Gasteiger partial charge in [0.1, 0.15) is 0 Å². The number of hydrogen-bond acceptors (Lipinski definition) is 3. The molecule has 0 fully saturated rings. The number of allylic oxidation sites excluding steroid dienone is 27. The molecule has 2 unspecified atom stereocenters. The Labute approximate surface area is 464 Å². The highest BCUT2D eigenvalue weighted by molar-refractivity contribution is 5.76. The van der Waals surface area contributed by atoms with Crippen LogP contribution in [-0.2, 0) is 4.79 Å². The number of carbonyl (C=O) groups is 1. The van der Waals surface area contributed by atoms with E-state index in [0.717, 1.165) is 128 Å². The van der Waals surface area contributed by atoms with Gasteiger partial charge in [0.05, 0.1) is 18.8 Å². The van der Waals surface area contributed by atoms with E-state index < -0.39 is 12.1 Å². The van der Waals surface area contributed by atoms with Crippen molar-refractivity contribution < 1.29 is 15.0 Å². The topological polar surface area (TPSA) is 69.6 Å². The number of unbranched alkanes of at least 4 members (excludes halogenated alkanes) is 21. The number of hydrogen-bond donors (Lipinski definition) is 3. The van der Waals surface area contributed by atoms with Gasteiger partial charge in [0.15, 0.2) is 0 Å². The number of amides is 1. The molecule has 0 aromatic carbocycles. The normalized spacial score (nSPS) is 14.0. The van der Waals surface area contributed by atoms with Gasteiger partial charge in [-0.05, 0) is 122 Å². The third-order valence-electron chi connectivity index (χ3n) is 12.9. The van der Waals surface area contributed by atoms with Crippen molar-refractivity contribution in [2.24, 2.45) is 0 Å². The summed E-state index contributed by atoms with van der Waals surface area (Å²) in [5.74, 6) is -0.104. The number of aliphatic hydroxyl groups excluding tert-OH is 2. The molecule has 75 heavy (non-hydrogen) atoms. The summed E-state index contributed by atoms with van der Waals surface area (Å²) in [5.41, 5.74) is 0. The molecule has 2 atom stereocenters. The maximum atomic E-state index is 12.5. The maximum Gasteiger partial charge on any atom is 0.220 e. The highest BCUT2D eigenvalue weighted by Crippen LogP contribution is 2.15. The Hall–Kier alpha value is -4.25. The first-order chi connectivity index (χ1) is 37.2. The smallest absolute Gasteiger partial charge is 0.220 e. The van der Waals surface area contributed by atoms with Crippen LogP contribution in [0.25, 0.3) is 0 Å². The van der Waals surface area contributed by atoms with Gasteiger partial charge in [0.2, 0.25) is 5.91 Å². The van der Waals surface area contributed by atoms with Gasteiger partial charge < -0.3 is 15.5 Å². The highest BCUT2D eigenvalue weighted by Gasteiger charge is 2.17. The molecule has 422 valence electrons. The quantitative estimate of drug-likeness (QED) is 0.0420. The molecule has 0 radical (unpaired) electrons. The molecule has 0 aliphatic heterocycles. The second-order valence-electron chi connectivity index (χ2n) is 20.0. The molecule has 0 aliphatic carbocycles. The molecular weight excluding hydrogens is 915 g/mol. The SMILES string of the molecule is CC/C=C\C/C=C\C/C=C\C/C=C\C/C=C\C/C=C\C/C=C\C/C=C\C/C=C\C/C=C\C/C=C\C/C=C\CCCCCCC(=O)NC(CO)C(O)/C=C/CC/C=C/CCCCCCCCCCCCCCCCCC. The molecular formula is C71H115NO3. The van der Waals surface area contributed by atoms with Crippen LogP contribution in [0.2, 0.25) is 0 Å². The van der Waals surface area contributed by atoms with Crippen molar-refractivity contribution in [2.75, 3.05) is 6.61 Å². The average Bonchev–Trinajstić information content (AvgIpc) is 3.41. The maximum absolute atomic E-state index is 12.5. The molecule has 0 heterocycles. The number of aliphatic hydroxyl groups is 2. The zero-order valence-electron chi connectivity index (χ0n) is 48.5. The Morgan fingerprint density at radius 3 is 0.933 bits per heavy atom. The lowest BCUT2D eigenvalue weighted by Crippen LogP contribution is -2.45. The lowest BCUT2D eigenvalue weighted by molar-refractivity contribution is -0.123. The third kappa shape index (κ3) is 60.5. The van der Waals surface area contributed by atoms with E-state index in [1.807, 2.05) is 6.08 Å². The second-order valence-corrected chi connectivity index (χ2v) is 20.0. The van der Waals surface area contributed by atoms with Crippen LogP contribution in [-0.4, -0.2) is 34.9 Å². The summed E-state index contributed by atoms with van der Waals surface area (Å²) in [4.78, 5) is 12.5. The standard InChI is InChI=1S/C71H115NO3/c1-3-5-7-9-11-13-15-17-19-21-23-25-27-28-29-30-31-32-33-34-35-36-37-38-39-40-41-42-43-44-45-47-49-51-53-55-57-59-61-63-65-67-71(75)72-69(68-73)70(74)66-64-62-60-58-56-54-52-50-48-46-26-24-22-20-18-16-14-12-10-8-6-4-2/h5,7,11,13,17,19,23,25,28-29,31-32,34-35,37-38,40-41,43-44,47,49,53,55-56,58,64,66,69-70,73-74H,3-4,6,8-10,12,14-16,18,20-22,24,26-27,30,33,36,39,42,45-46,48,50-52,54,57,59-63,65,67-68H2,1-2H3,(H,72,75)/b7-5-,13-11-,19-17-,25-23-,29-28-,32-31-,35-34-,38-37-,41-40-,44-43-,49-47-,55-53-,58-56+,66-64+. The van der Waals surface area contributed by atoms with Crippen LogP contribution in [0, 0.1) is 0 Å². The summed E-state index contributed by atoms with van der Waals surface area (Å²) >= 11 is 0. The molecule has 0 rings (SSSR count). The molecule has 0 aromatic heterocycles. The van der Waals surface area contributed by atoms with E-state index in [1.54, 1.807) is 6.08 Å². The van der Waals surface area contributed by atoms with Crippen molar-refractivity contribution in [1.29, 1.82) is 0 Å². The molecule has 0 aliphatic rings. The second kappa shape index (κ2) is 64.0. The monoisotopic (exact) mass is 1030 g/mol. The zero-order chi connectivity index (χ0) is 54.1. The van der Waals surface area contributed by atoms with Gasteiger partial charge in [0.25, 0.3) is 0 Å². The van der Waals surface area contributed by atoms with Crippen molar-refractivity contribution in [3.05, 3.63) is 170 Å². The van der Waals surface area contributed by atoms with E-state index in [0.29, 0.717) is 6.42 Å². The van der Waals surface area contributed by atoms with Crippen molar-refractivity contribution in [1.82, 2.24) is 5.32 Å². The molecule has 0 saturated carbocycles. The molecule has 0 bridgehead atoms. The fourth-order valence-corrected chi connectivity index (χ4v) is 8.29. The molecule has 0 aromatic rings. The summed E-state index contributed by atoms with van der Waals surface area (Å²) in [7, 11) is 0. The fraction of sp³-hybridized carbons (Fsp3) is 0.592. The first kappa shape index (κ1) is 70.8. The Morgan fingerprint density at radius 1 is 0.333 bits per heavy atom. The summed E-state index contributed by atoms with van der Waals surface area (Å²) in [5, 5.41) is 23.1. The van der Waals surface area contributed by atoms with E-state index in [9.17, 15) is 15.0 Å². The van der Waals surface area contributed by atoms with E-state index in [2.05, 4.69) is 177 Å². The summed E-state index contributed by atoms with van der Waals surface area (Å²) in [6.07, 6.45) is 104. The van der Waals surface area contributed by atoms with Crippen LogP contribution < -0.4 is 5.32 Å². The van der Waals surface area contributed by atoms with Crippen LogP contribution in [0.1, 0.15) is 251 Å². The fourth-order valence-electron chi connectivity index (χ4n) is 8.29. The van der Waals surface area contributed by atoms with Crippen LogP contribution in [0.3, 0.4) is 0 Å². The molecule has 1 amide bonds. The largest absolute Gasteiger partial charge is 0.394 e. The minimum atomic E-state index is -0.887. The molecule has 4 nitrogen and oxygen atoms in total. The lowest BCUT2D eigenvalue weighted by atomic mass is 10.0. The number of carbonyl (C=O) groups excluding carboxylic acids is 1. The van der Waals surface area contributed by atoms with Gasteiger partial charge in [-0.3, -0.25) is 4.79 Å². The lowest BCUT2D eigenvalue weighted by Gasteiger charge is -2.19. The van der Waals surface area contributed by atoms with E-state index in [1.165, 1.54) is 103 Å². The van der Waals surface area contributed by atoms with Gasteiger partial charge >= 0.3 is 0 Å². The zero-order valence-corrected chi connectivity index (χ0v) is 48.5. The molecule has 0 spiro atoms. The van der Waals surface area contributed by atoms with Crippen LogP contribution in [0.15, 0.2) is 170 Å². The number of nitrogens with one attached hydrogen (secondary N) is 1. The van der Waals surface area contributed by atoms with Crippen molar-refractivity contribution >= 4 is 5.91 Å². The summed E-state index contributed by atoms with van der Waals surface area (Å²) in [6.45, 7) is 4.17. The first-order valence-corrected chi connectivity index (χ1v) is 30.8. The van der Waals surface area contributed by atoms with E-state index in [-0.39, 0.29) is 12.5 Å². The minimum Gasteiger partial charge on any atom is -0.394 e. The average molecular weight is 1030 g/mol. The number of rotatable bonds is 54. The van der Waals surface area contributed by atoms with Crippen molar-refractivity contribution in [3.8, 4) is 0 Å². The van der Waals surface area contributed by atoms with Crippen LogP contribution >= 0.6 is 0 Å². The van der Waals surface area contributed by atoms with Crippen molar-refractivity contribution in [3.63, 3.8) is 0 Å². The first-order valence-electron chi connectivity index (χ1n) is 30.8. The molecule has 3 N–H and O–H groups in total. The van der Waals surface area contributed by atoms with Gasteiger partial charge in [0, 0.05) is 6.42 Å². The summed E-state index contributed by atoms with van der Waals surface area (Å²) in [6, 6.07) is -0.667. The Morgan fingerprint density at radius 2 is 0.600 bits per heavy atom. The third-order valence-corrected chi connectivity index (χ3v) is 12.9. The van der Waals surface area contributed by atoms with Gasteiger partial charge in [-0.25, -0.2) is 0 Å². The van der Waals surface area contributed by atoms with Gasteiger partial charge in [-0.1, -0.05) is 293 Å². The Balaban J connectivity index is 3.72. The highest BCUT2D eigenvalue weighted by atomic mass is 16.3.